The summed E-state index contributed by atoms with van der Waals surface area (Å²) in [6.07, 6.45) is -1.13. The molecule has 0 aliphatic rings. The molecule has 0 aliphatic carbocycles. The number of benzene rings is 1. The van der Waals surface area contributed by atoms with Crippen molar-refractivity contribution >= 4 is 5.69 Å². The first-order valence-electron chi connectivity index (χ1n) is 3.88. The molecule has 0 bridgehead atoms. The van der Waals surface area contributed by atoms with Crippen molar-refractivity contribution in [3.05, 3.63) is 39.7 Å². The molecule has 0 aliphatic heterocycles. The molecule has 1 atom stereocenters. The van der Waals surface area contributed by atoms with Gasteiger partial charge in [0, 0.05) is 18.2 Å². The third-order valence-corrected chi connectivity index (χ3v) is 1.78. The molecule has 14 heavy (non-hydrogen) atoms. The lowest BCUT2D eigenvalue weighted by Gasteiger charge is -2.08. The first-order chi connectivity index (χ1) is 6.56. The van der Waals surface area contributed by atoms with Crippen LogP contribution in [-0.2, 0) is 0 Å². The van der Waals surface area contributed by atoms with Gasteiger partial charge in [-0.1, -0.05) is 0 Å². The molecule has 5 nitrogen and oxygen atoms in total. The number of halogens is 1. The lowest BCUT2D eigenvalue weighted by atomic mass is 10.1. The minimum Gasteiger partial charge on any atom is -0.387 e. The molecule has 0 saturated carbocycles. The number of hydrogen-bond donors (Lipinski definition) is 2. The first-order valence-corrected chi connectivity index (χ1v) is 3.88. The molecule has 0 radical (unpaired) electrons. The highest BCUT2D eigenvalue weighted by Gasteiger charge is 2.15. The molecule has 0 spiro atoms. The first kappa shape index (κ1) is 10.6. The van der Waals surface area contributed by atoms with Gasteiger partial charge in [0.05, 0.1) is 17.1 Å². The number of nitro groups is 1. The van der Waals surface area contributed by atoms with E-state index in [0.717, 1.165) is 18.2 Å². The molecule has 1 aromatic carbocycles. The molecule has 0 amide bonds. The molecule has 0 aromatic heterocycles. The fraction of sp³-hybridized carbons (Fsp3) is 0.250. The molecule has 1 rings (SSSR count). The third-order valence-electron chi connectivity index (χ3n) is 1.78. The van der Waals surface area contributed by atoms with Gasteiger partial charge >= 0.3 is 0 Å². The van der Waals surface area contributed by atoms with Crippen LogP contribution in [0.25, 0.3) is 0 Å². The number of aliphatic hydroxyl groups is 1. The standard InChI is InChI=1S/C8H9FN2O3/c9-7-3-5(11(13)14)1-2-6(7)8(12)4-10/h1-3,8,12H,4,10H2/t8-/m1/s1. The van der Waals surface area contributed by atoms with Gasteiger partial charge in [0.15, 0.2) is 0 Å². The summed E-state index contributed by atoms with van der Waals surface area (Å²) in [7, 11) is 0. The fourth-order valence-corrected chi connectivity index (χ4v) is 1.03. The Bertz CT molecular complexity index is 356. The quantitative estimate of drug-likeness (QED) is 0.555. The van der Waals surface area contributed by atoms with Crippen molar-refractivity contribution in [2.75, 3.05) is 6.54 Å². The van der Waals surface area contributed by atoms with Crippen LogP contribution in [0.3, 0.4) is 0 Å². The van der Waals surface area contributed by atoms with Crippen LogP contribution in [-0.4, -0.2) is 16.6 Å². The summed E-state index contributed by atoms with van der Waals surface area (Å²) in [5.41, 5.74) is 4.74. The molecular formula is C8H9FN2O3. The second-order valence-corrected chi connectivity index (χ2v) is 2.71. The second kappa shape index (κ2) is 4.12. The topological polar surface area (TPSA) is 89.4 Å². The van der Waals surface area contributed by atoms with Crippen LogP contribution in [0, 0.1) is 15.9 Å². The van der Waals surface area contributed by atoms with Gasteiger partial charge in [-0.05, 0) is 6.07 Å². The summed E-state index contributed by atoms with van der Waals surface area (Å²) in [6.45, 7) is -0.130. The predicted octanol–water partition coefficient (Wildman–Crippen LogP) is 0.726. The molecule has 0 heterocycles. The van der Waals surface area contributed by atoms with Gasteiger partial charge in [0.25, 0.3) is 5.69 Å². The number of non-ortho nitro benzene ring substituents is 1. The molecule has 6 heteroatoms. The maximum atomic E-state index is 13.1. The molecule has 0 fully saturated rings. The van der Waals surface area contributed by atoms with Gasteiger partial charge < -0.3 is 10.8 Å². The van der Waals surface area contributed by atoms with Crippen molar-refractivity contribution in [3.63, 3.8) is 0 Å². The van der Waals surface area contributed by atoms with Gasteiger partial charge in [-0.2, -0.15) is 0 Å². The van der Waals surface area contributed by atoms with E-state index in [2.05, 4.69) is 0 Å². The molecule has 0 unspecified atom stereocenters. The highest BCUT2D eigenvalue weighted by molar-refractivity contribution is 5.35. The van der Waals surface area contributed by atoms with Crippen molar-refractivity contribution in [1.82, 2.24) is 0 Å². The monoisotopic (exact) mass is 200 g/mol. The molecular weight excluding hydrogens is 191 g/mol. The Labute approximate surface area is 79.1 Å². The van der Waals surface area contributed by atoms with Crippen molar-refractivity contribution in [3.8, 4) is 0 Å². The Kier molecular flexibility index (Phi) is 3.10. The average molecular weight is 200 g/mol. The Morgan fingerprint density at radius 3 is 2.71 bits per heavy atom. The largest absolute Gasteiger partial charge is 0.387 e. The summed E-state index contributed by atoms with van der Waals surface area (Å²) >= 11 is 0. The predicted molar refractivity (Wildman–Crippen MR) is 47.1 cm³/mol. The number of aliphatic hydroxyl groups excluding tert-OH is 1. The highest BCUT2D eigenvalue weighted by Crippen LogP contribution is 2.21. The number of rotatable bonds is 3. The van der Waals surface area contributed by atoms with Crippen LogP contribution < -0.4 is 5.73 Å². The number of nitro benzene ring substituents is 1. The maximum Gasteiger partial charge on any atom is 0.272 e. The molecule has 1 aromatic rings. The zero-order valence-electron chi connectivity index (χ0n) is 7.18. The average Bonchev–Trinajstić information content (AvgIpc) is 2.16. The van der Waals surface area contributed by atoms with Gasteiger partial charge in [-0.3, -0.25) is 10.1 Å². The minimum atomic E-state index is -1.13. The van der Waals surface area contributed by atoms with Crippen LogP contribution in [0.1, 0.15) is 11.7 Å². The summed E-state index contributed by atoms with van der Waals surface area (Å²) in [5, 5.41) is 19.5. The minimum absolute atomic E-state index is 0.0295. The Morgan fingerprint density at radius 2 is 2.29 bits per heavy atom. The summed E-state index contributed by atoms with van der Waals surface area (Å²) in [6, 6.07) is 3.04. The zero-order chi connectivity index (χ0) is 10.7. The number of nitrogens with zero attached hydrogens (tertiary/aromatic N) is 1. The molecule has 76 valence electrons. The lowest BCUT2D eigenvalue weighted by molar-refractivity contribution is -0.385. The van der Waals surface area contributed by atoms with E-state index >= 15 is 0 Å². The smallest absolute Gasteiger partial charge is 0.272 e. The summed E-state index contributed by atoms with van der Waals surface area (Å²) in [4.78, 5) is 9.55. The zero-order valence-corrected chi connectivity index (χ0v) is 7.18. The van der Waals surface area contributed by atoms with Gasteiger partial charge in [0.2, 0.25) is 0 Å². The Balaban J connectivity index is 3.07. The lowest BCUT2D eigenvalue weighted by Crippen LogP contribution is -2.13. The van der Waals surface area contributed by atoms with E-state index in [1.165, 1.54) is 0 Å². The van der Waals surface area contributed by atoms with Crippen molar-refractivity contribution in [2.24, 2.45) is 5.73 Å². The van der Waals surface area contributed by atoms with Crippen LogP contribution in [0.2, 0.25) is 0 Å². The number of nitrogens with two attached hydrogens (primary N) is 1. The van der Waals surface area contributed by atoms with E-state index in [1.807, 2.05) is 0 Å². The Morgan fingerprint density at radius 1 is 1.64 bits per heavy atom. The second-order valence-electron chi connectivity index (χ2n) is 2.71. The highest BCUT2D eigenvalue weighted by atomic mass is 19.1. The van der Waals surface area contributed by atoms with E-state index < -0.39 is 16.8 Å². The van der Waals surface area contributed by atoms with E-state index in [-0.39, 0.29) is 17.8 Å². The van der Waals surface area contributed by atoms with E-state index in [1.54, 1.807) is 0 Å². The fourth-order valence-electron chi connectivity index (χ4n) is 1.03. The Hall–Kier alpha value is -1.53. The van der Waals surface area contributed by atoms with Crippen molar-refractivity contribution in [2.45, 2.75) is 6.10 Å². The van der Waals surface area contributed by atoms with Gasteiger partial charge in [0.1, 0.15) is 5.82 Å². The number of hydrogen-bond acceptors (Lipinski definition) is 4. The van der Waals surface area contributed by atoms with E-state index in [4.69, 9.17) is 5.73 Å². The van der Waals surface area contributed by atoms with Crippen LogP contribution in [0.15, 0.2) is 18.2 Å². The molecule has 0 saturated heterocycles. The van der Waals surface area contributed by atoms with Crippen molar-refractivity contribution < 1.29 is 14.4 Å². The van der Waals surface area contributed by atoms with E-state index in [0.29, 0.717) is 0 Å². The van der Waals surface area contributed by atoms with Crippen molar-refractivity contribution in [1.29, 1.82) is 0 Å². The molecule has 3 N–H and O–H groups in total. The summed E-state index contributed by atoms with van der Waals surface area (Å²) < 4.78 is 13.1. The van der Waals surface area contributed by atoms with Crippen LogP contribution in [0.4, 0.5) is 10.1 Å². The van der Waals surface area contributed by atoms with E-state index in [9.17, 15) is 19.6 Å². The third kappa shape index (κ3) is 2.04. The SMILES string of the molecule is NC[C@@H](O)c1ccc([N+](=O)[O-])cc1F. The van der Waals surface area contributed by atoms with Crippen LogP contribution >= 0.6 is 0 Å². The van der Waals surface area contributed by atoms with Crippen LogP contribution in [0.5, 0.6) is 0 Å². The maximum absolute atomic E-state index is 13.1. The van der Waals surface area contributed by atoms with Gasteiger partial charge in [-0.15, -0.1) is 0 Å². The summed E-state index contributed by atoms with van der Waals surface area (Å²) in [5.74, 6) is -0.822. The normalized spacial score (nSPS) is 12.5. The van der Waals surface area contributed by atoms with Gasteiger partial charge in [-0.25, -0.2) is 4.39 Å².